The summed E-state index contributed by atoms with van der Waals surface area (Å²) in [5.41, 5.74) is 0. The summed E-state index contributed by atoms with van der Waals surface area (Å²) in [7, 11) is 0. The summed E-state index contributed by atoms with van der Waals surface area (Å²) >= 11 is 0. The highest BCUT2D eigenvalue weighted by Gasteiger charge is 2.22. The second-order valence-corrected chi connectivity index (χ2v) is 4.24. The molecule has 1 saturated carbocycles. The minimum atomic E-state index is -0.224. The molecule has 86 valence electrons. The normalized spacial score (nSPS) is 25.9. The number of amides is 1. The van der Waals surface area contributed by atoms with E-state index in [4.69, 9.17) is 0 Å². The van der Waals surface area contributed by atoms with Crippen LogP contribution in [0.3, 0.4) is 0 Å². The van der Waals surface area contributed by atoms with Crippen LogP contribution in [-0.2, 0) is 4.79 Å². The zero-order valence-corrected chi connectivity index (χ0v) is 9.24. The predicted molar refractivity (Wildman–Crippen MR) is 60.4 cm³/mol. The Balaban J connectivity index is 2.17. The van der Waals surface area contributed by atoms with Crippen molar-refractivity contribution in [3.05, 3.63) is 12.7 Å². The highest BCUT2D eigenvalue weighted by Crippen LogP contribution is 2.23. The Kier molecular flexibility index (Phi) is 5.40. The summed E-state index contributed by atoms with van der Waals surface area (Å²) in [4.78, 5) is 11.3. The number of aliphatic hydroxyl groups is 1. The molecule has 2 unspecified atom stereocenters. The van der Waals surface area contributed by atoms with Crippen LogP contribution in [0.4, 0.5) is 0 Å². The average Bonchev–Trinajstić information content (AvgIpc) is 2.25. The fourth-order valence-corrected chi connectivity index (χ4v) is 1.99. The molecule has 1 fully saturated rings. The molecule has 0 spiro atoms. The molecule has 0 bridgehead atoms. The fraction of sp³-hybridized carbons (Fsp3) is 0.750. The van der Waals surface area contributed by atoms with Crippen molar-refractivity contribution in [2.75, 3.05) is 6.54 Å². The van der Waals surface area contributed by atoms with E-state index in [0.29, 0.717) is 13.0 Å². The van der Waals surface area contributed by atoms with E-state index in [2.05, 4.69) is 11.9 Å². The van der Waals surface area contributed by atoms with E-state index in [1.807, 2.05) is 0 Å². The molecule has 1 aliphatic rings. The van der Waals surface area contributed by atoms with Gasteiger partial charge in [-0.1, -0.05) is 18.9 Å². The smallest absolute Gasteiger partial charge is 0.220 e. The van der Waals surface area contributed by atoms with Gasteiger partial charge in [-0.15, -0.1) is 6.58 Å². The lowest BCUT2D eigenvalue weighted by atomic mass is 9.86. The van der Waals surface area contributed by atoms with Gasteiger partial charge < -0.3 is 10.4 Å². The molecule has 0 aliphatic heterocycles. The van der Waals surface area contributed by atoms with E-state index in [0.717, 1.165) is 25.7 Å². The van der Waals surface area contributed by atoms with Crippen LogP contribution >= 0.6 is 0 Å². The quantitative estimate of drug-likeness (QED) is 0.679. The summed E-state index contributed by atoms with van der Waals surface area (Å²) in [6.45, 7) is 4.20. The molecule has 2 N–H and O–H groups in total. The summed E-state index contributed by atoms with van der Waals surface area (Å²) in [5.74, 6) is 0.319. The van der Waals surface area contributed by atoms with Crippen molar-refractivity contribution in [1.29, 1.82) is 0 Å². The monoisotopic (exact) mass is 211 g/mol. The molecule has 3 nitrogen and oxygen atoms in total. The van der Waals surface area contributed by atoms with E-state index in [-0.39, 0.29) is 17.9 Å². The van der Waals surface area contributed by atoms with Crippen molar-refractivity contribution >= 4 is 5.91 Å². The number of carbonyl (C=O) groups excluding carboxylic acids is 1. The van der Waals surface area contributed by atoms with Gasteiger partial charge in [0.2, 0.25) is 5.91 Å². The van der Waals surface area contributed by atoms with Gasteiger partial charge >= 0.3 is 0 Å². The maximum absolute atomic E-state index is 11.3. The molecule has 0 aromatic carbocycles. The Bertz CT molecular complexity index is 216. The van der Waals surface area contributed by atoms with Gasteiger partial charge in [0.05, 0.1) is 6.10 Å². The van der Waals surface area contributed by atoms with E-state index in [1.165, 1.54) is 6.42 Å². The Hall–Kier alpha value is -0.830. The van der Waals surface area contributed by atoms with E-state index in [1.54, 1.807) is 6.08 Å². The lowest BCUT2D eigenvalue weighted by molar-refractivity contribution is -0.121. The maximum Gasteiger partial charge on any atom is 0.220 e. The Morgan fingerprint density at radius 2 is 2.20 bits per heavy atom. The molecular formula is C12H21NO2. The van der Waals surface area contributed by atoms with Crippen LogP contribution in [0.1, 0.15) is 38.5 Å². The van der Waals surface area contributed by atoms with Gasteiger partial charge in [-0.2, -0.15) is 0 Å². The van der Waals surface area contributed by atoms with Crippen LogP contribution in [0.15, 0.2) is 12.7 Å². The number of hydrogen-bond donors (Lipinski definition) is 2. The molecule has 3 heteroatoms. The minimum absolute atomic E-state index is 0.0627. The summed E-state index contributed by atoms with van der Waals surface area (Å²) in [6, 6.07) is 0. The van der Waals surface area contributed by atoms with Crippen molar-refractivity contribution in [2.45, 2.75) is 44.6 Å². The van der Waals surface area contributed by atoms with Gasteiger partial charge in [0.25, 0.3) is 0 Å². The molecule has 1 amide bonds. The van der Waals surface area contributed by atoms with Gasteiger partial charge in [-0.05, 0) is 19.3 Å². The van der Waals surface area contributed by atoms with Gasteiger partial charge in [0, 0.05) is 18.9 Å². The number of carbonyl (C=O) groups is 1. The lowest BCUT2D eigenvalue weighted by Crippen LogP contribution is -2.36. The van der Waals surface area contributed by atoms with Crippen LogP contribution in [0.2, 0.25) is 0 Å². The zero-order valence-electron chi connectivity index (χ0n) is 9.24. The summed E-state index contributed by atoms with van der Waals surface area (Å²) < 4.78 is 0. The Morgan fingerprint density at radius 1 is 1.47 bits per heavy atom. The van der Waals surface area contributed by atoms with Crippen LogP contribution < -0.4 is 5.32 Å². The van der Waals surface area contributed by atoms with Crippen LogP contribution in [0, 0.1) is 5.92 Å². The largest absolute Gasteiger partial charge is 0.393 e. The zero-order chi connectivity index (χ0) is 11.1. The van der Waals surface area contributed by atoms with Crippen LogP contribution in [0.25, 0.3) is 0 Å². The van der Waals surface area contributed by atoms with E-state index < -0.39 is 0 Å². The molecule has 1 aliphatic carbocycles. The van der Waals surface area contributed by atoms with Gasteiger partial charge in [-0.3, -0.25) is 4.79 Å². The Labute approximate surface area is 91.6 Å². The highest BCUT2D eigenvalue weighted by molar-refractivity contribution is 5.75. The first kappa shape index (κ1) is 12.2. The molecule has 15 heavy (non-hydrogen) atoms. The first-order chi connectivity index (χ1) is 7.24. The topological polar surface area (TPSA) is 49.3 Å². The summed E-state index contributed by atoms with van der Waals surface area (Å²) in [6.07, 6.45) is 6.95. The maximum atomic E-state index is 11.3. The average molecular weight is 211 g/mol. The number of aliphatic hydroxyl groups excluding tert-OH is 1. The second kappa shape index (κ2) is 6.62. The van der Waals surface area contributed by atoms with E-state index in [9.17, 15) is 9.90 Å². The molecule has 0 saturated heterocycles. The predicted octanol–water partition coefficient (Wildman–Crippen LogP) is 1.62. The number of hydrogen-bond acceptors (Lipinski definition) is 2. The molecule has 1 rings (SSSR count). The van der Waals surface area contributed by atoms with Gasteiger partial charge in [0.15, 0.2) is 0 Å². The van der Waals surface area contributed by atoms with Crippen molar-refractivity contribution < 1.29 is 9.90 Å². The van der Waals surface area contributed by atoms with Crippen LogP contribution in [-0.4, -0.2) is 23.7 Å². The van der Waals surface area contributed by atoms with E-state index >= 15 is 0 Å². The third kappa shape index (κ3) is 4.47. The number of nitrogens with one attached hydrogen (secondary N) is 1. The molecule has 0 aromatic heterocycles. The van der Waals surface area contributed by atoms with Crippen LogP contribution in [0.5, 0.6) is 0 Å². The SMILES string of the molecule is C=CCCC(=O)NCC1CCCCC1O. The van der Waals surface area contributed by atoms with Gasteiger partial charge in [0.1, 0.15) is 0 Å². The van der Waals surface area contributed by atoms with Crippen molar-refractivity contribution in [3.63, 3.8) is 0 Å². The number of rotatable bonds is 5. The third-order valence-corrected chi connectivity index (χ3v) is 3.01. The second-order valence-electron chi connectivity index (χ2n) is 4.24. The molecular weight excluding hydrogens is 190 g/mol. The minimum Gasteiger partial charge on any atom is -0.393 e. The number of allylic oxidation sites excluding steroid dienone is 1. The molecule has 0 aromatic rings. The highest BCUT2D eigenvalue weighted by atomic mass is 16.3. The molecule has 0 heterocycles. The van der Waals surface area contributed by atoms with Gasteiger partial charge in [-0.25, -0.2) is 0 Å². The fourth-order valence-electron chi connectivity index (χ4n) is 1.99. The lowest BCUT2D eigenvalue weighted by Gasteiger charge is -2.27. The first-order valence-electron chi connectivity index (χ1n) is 5.79. The molecule has 2 atom stereocenters. The summed E-state index contributed by atoms with van der Waals surface area (Å²) in [5, 5.41) is 12.6. The van der Waals surface area contributed by atoms with Crippen molar-refractivity contribution in [3.8, 4) is 0 Å². The Morgan fingerprint density at radius 3 is 2.87 bits per heavy atom. The standard InChI is InChI=1S/C12H21NO2/c1-2-3-8-12(15)13-9-10-6-4-5-7-11(10)14/h2,10-11,14H,1,3-9H2,(H,13,15). The third-order valence-electron chi connectivity index (χ3n) is 3.01. The van der Waals surface area contributed by atoms with Crippen molar-refractivity contribution in [1.82, 2.24) is 5.32 Å². The van der Waals surface area contributed by atoms with Crippen molar-refractivity contribution in [2.24, 2.45) is 5.92 Å². The molecule has 0 radical (unpaired) electrons. The first-order valence-corrected chi connectivity index (χ1v) is 5.79.